The number of nitrogens with zero attached hydrogens (tertiary/aromatic N) is 6. The van der Waals surface area contributed by atoms with E-state index in [0.717, 1.165) is 51.4 Å². The van der Waals surface area contributed by atoms with Gasteiger partial charge in [-0.3, -0.25) is 4.79 Å². The van der Waals surface area contributed by atoms with E-state index in [1.807, 2.05) is 41.0 Å². The average molecular weight is 553 g/mol. The fourth-order valence-corrected chi connectivity index (χ4v) is 6.66. The predicted molar refractivity (Wildman–Crippen MR) is 148 cm³/mol. The lowest BCUT2D eigenvalue weighted by molar-refractivity contribution is 0.182. The highest BCUT2D eigenvalue weighted by atomic mass is 35.5. The Bertz CT molecular complexity index is 1880. The van der Waals surface area contributed by atoms with Crippen molar-refractivity contribution in [3.8, 4) is 16.8 Å². The van der Waals surface area contributed by atoms with Gasteiger partial charge >= 0.3 is 0 Å². The summed E-state index contributed by atoms with van der Waals surface area (Å²) >= 11 is 6.34. The normalized spacial score (nSPS) is 22.5. The van der Waals surface area contributed by atoms with E-state index in [0.29, 0.717) is 35.8 Å². The second-order valence-electron chi connectivity index (χ2n) is 10.8. The van der Waals surface area contributed by atoms with Gasteiger partial charge in [0.2, 0.25) is 5.95 Å². The quantitative estimate of drug-likeness (QED) is 0.309. The van der Waals surface area contributed by atoms with Gasteiger partial charge in [0.15, 0.2) is 0 Å². The molecule has 0 saturated heterocycles. The van der Waals surface area contributed by atoms with Crippen LogP contribution in [0.25, 0.3) is 22.4 Å². The first kappa shape index (κ1) is 23.5. The minimum atomic E-state index is -0.476. The zero-order valence-electron chi connectivity index (χ0n) is 21.2. The van der Waals surface area contributed by atoms with Crippen molar-refractivity contribution in [2.45, 2.75) is 37.8 Å². The van der Waals surface area contributed by atoms with Gasteiger partial charge in [0, 0.05) is 52.4 Å². The Kier molecular flexibility index (Phi) is 5.03. The van der Waals surface area contributed by atoms with Crippen LogP contribution in [0.5, 0.6) is 0 Å². The molecule has 4 aromatic rings. The van der Waals surface area contributed by atoms with E-state index in [-0.39, 0.29) is 23.4 Å². The molecule has 0 bridgehead atoms. The van der Waals surface area contributed by atoms with Crippen LogP contribution in [0.1, 0.15) is 47.2 Å². The Labute approximate surface area is 233 Å². The molecular weight excluding hydrogens is 531 g/mol. The number of benzene rings is 2. The molecule has 4 aliphatic rings. The van der Waals surface area contributed by atoms with E-state index in [9.17, 15) is 4.79 Å². The smallest absolute Gasteiger partial charge is 0.251 e. The number of aliphatic imine (C=N–C) groups is 1. The summed E-state index contributed by atoms with van der Waals surface area (Å²) in [7, 11) is 0. The molecule has 0 spiro atoms. The van der Waals surface area contributed by atoms with Crippen LogP contribution >= 0.6 is 11.6 Å². The number of aromatic nitrogens is 5. The molecule has 1 aliphatic carbocycles. The topological polar surface area (TPSA) is 87.2 Å². The van der Waals surface area contributed by atoms with Crippen LogP contribution in [0.3, 0.4) is 0 Å². The Morgan fingerprint density at radius 2 is 1.95 bits per heavy atom. The molecule has 8 rings (SSSR count). The molecule has 40 heavy (non-hydrogen) atoms. The Hall–Kier alpha value is -4.37. The molecule has 2 aromatic heterocycles. The number of rotatable bonds is 4. The molecule has 3 aliphatic heterocycles. The maximum atomic E-state index is 15.3. The van der Waals surface area contributed by atoms with Gasteiger partial charge in [-0.05, 0) is 75.4 Å². The maximum Gasteiger partial charge on any atom is 0.251 e. The molecule has 2 aromatic carbocycles. The molecule has 1 saturated carbocycles. The van der Waals surface area contributed by atoms with E-state index in [1.54, 1.807) is 16.8 Å². The predicted octanol–water partition coefficient (Wildman–Crippen LogP) is 5.57. The summed E-state index contributed by atoms with van der Waals surface area (Å²) in [6, 6.07) is 14.8. The fraction of sp³-hybridized carbons (Fsp3) is 0.233. The minimum Gasteiger partial charge on any atom is -0.494 e. The fourth-order valence-electron chi connectivity index (χ4n) is 6.48. The number of pyridine rings is 1. The van der Waals surface area contributed by atoms with Crippen molar-refractivity contribution in [1.29, 1.82) is 0 Å². The summed E-state index contributed by atoms with van der Waals surface area (Å²) in [5.74, 6) is 0.732. The van der Waals surface area contributed by atoms with Crippen molar-refractivity contribution in [2.75, 3.05) is 0 Å². The van der Waals surface area contributed by atoms with Crippen molar-refractivity contribution >= 4 is 22.9 Å². The highest BCUT2D eigenvalue weighted by Gasteiger charge is 2.55. The zero-order chi connectivity index (χ0) is 27.1. The molecular formula is C30H22ClFN6O2. The van der Waals surface area contributed by atoms with Crippen LogP contribution in [0.15, 0.2) is 82.9 Å². The monoisotopic (exact) mass is 552 g/mol. The molecule has 0 radical (unpaired) electrons. The molecule has 198 valence electrons. The lowest BCUT2D eigenvalue weighted by Gasteiger charge is -2.21. The van der Waals surface area contributed by atoms with Crippen molar-refractivity contribution < 1.29 is 9.13 Å². The molecule has 3 atom stereocenters. The van der Waals surface area contributed by atoms with Crippen molar-refractivity contribution in [2.24, 2.45) is 10.9 Å². The zero-order valence-corrected chi connectivity index (χ0v) is 22.0. The first-order valence-corrected chi connectivity index (χ1v) is 13.5. The first-order valence-electron chi connectivity index (χ1n) is 13.1. The largest absolute Gasteiger partial charge is 0.494 e. The first-order chi connectivity index (χ1) is 19.4. The van der Waals surface area contributed by atoms with Crippen molar-refractivity contribution in [1.82, 2.24) is 24.8 Å². The van der Waals surface area contributed by atoms with Crippen LogP contribution in [-0.4, -0.2) is 30.5 Å². The van der Waals surface area contributed by atoms with Crippen LogP contribution in [0, 0.1) is 5.92 Å². The van der Waals surface area contributed by atoms with Crippen molar-refractivity contribution in [3.63, 3.8) is 0 Å². The second kappa shape index (κ2) is 8.56. The third kappa shape index (κ3) is 3.61. The highest BCUT2D eigenvalue weighted by Crippen LogP contribution is 2.60. The Balaban J connectivity index is 1.13. The summed E-state index contributed by atoms with van der Waals surface area (Å²) < 4.78 is 24.3. The third-order valence-corrected chi connectivity index (χ3v) is 8.67. The van der Waals surface area contributed by atoms with Gasteiger partial charge in [0.1, 0.15) is 12.9 Å². The summed E-state index contributed by atoms with van der Waals surface area (Å²) in [5, 5.41) is 12.0. The van der Waals surface area contributed by atoms with Crippen LogP contribution in [0.2, 0.25) is 5.02 Å². The van der Waals surface area contributed by atoms with E-state index >= 15 is 4.39 Å². The van der Waals surface area contributed by atoms with Gasteiger partial charge in [-0.25, -0.2) is 4.99 Å². The van der Waals surface area contributed by atoms with E-state index < -0.39 is 5.95 Å². The number of ether oxygens (including phenoxy) is 1. The summed E-state index contributed by atoms with van der Waals surface area (Å²) in [6.45, 7) is 4.34. The molecule has 1 fully saturated rings. The van der Waals surface area contributed by atoms with Crippen LogP contribution in [-0.2, 0) is 17.8 Å². The third-order valence-electron chi connectivity index (χ3n) is 8.43. The van der Waals surface area contributed by atoms with Crippen LogP contribution in [0.4, 0.5) is 4.39 Å². The summed E-state index contributed by atoms with van der Waals surface area (Å²) in [5.41, 5.74) is 7.27. The standard InChI is InChI=1S/C30H22ClFN6O2/c1-15-6-16-2-3-17(7-19(16)13-40-15)22-12-25(34-30(22)32)29-24-11-23(24)27-8-18(9-28(39)38(27)29)21-10-20(31)4-5-26(21)37-14-33-35-36-37/h2-5,7-10,14,23-24,29H,1,6,11-13H2. The van der Waals surface area contributed by atoms with Gasteiger partial charge in [-0.15, -0.1) is 5.10 Å². The molecule has 10 heteroatoms. The SMILES string of the molecule is C=C1Cc2ccc(C3=C(F)N=C(C4C5CC5c5cc(-c6cc(Cl)ccc6-n6cnnn6)cc(=O)n54)C3)cc2CO1. The van der Waals surface area contributed by atoms with Crippen molar-refractivity contribution in [3.05, 3.63) is 111 Å². The maximum absolute atomic E-state index is 15.3. The lowest BCUT2D eigenvalue weighted by Crippen LogP contribution is -2.29. The highest BCUT2D eigenvalue weighted by molar-refractivity contribution is 6.31. The van der Waals surface area contributed by atoms with Gasteiger partial charge in [-0.2, -0.15) is 9.07 Å². The number of fused-ring (bicyclic) bond motifs is 4. The Morgan fingerprint density at radius 1 is 1.05 bits per heavy atom. The van der Waals surface area contributed by atoms with E-state index in [2.05, 4.69) is 27.1 Å². The average Bonchev–Trinajstić information content (AvgIpc) is 3.24. The molecule has 0 amide bonds. The number of tetrazole rings is 1. The number of hydrogen-bond donors (Lipinski definition) is 0. The Morgan fingerprint density at radius 3 is 2.80 bits per heavy atom. The van der Waals surface area contributed by atoms with E-state index in [1.165, 1.54) is 6.33 Å². The second-order valence-corrected chi connectivity index (χ2v) is 11.2. The van der Waals surface area contributed by atoms with Gasteiger partial charge in [0.05, 0.1) is 17.5 Å². The summed E-state index contributed by atoms with van der Waals surface area (Å²) in [4.78, 5) is 18.0. The lowest BCUT2D eigenvalue weighted by atomic mass is 9.93. The molecule has 8 nitrogen and oxygen atoms in total. The van der Waals surface area contributed by atoms with Gasteiger partial charge < -0.3 is 9.30 Å². The van der Waals surface area contributed by atoms with Gasteiger partial charge in [-0.1, -0.05) is 30.3 Å². The molecule has 0 N–H and O–H groups in total. The van der Waals surface area contributed by atoms with Crippen LogP contribution < -0.4 is 5.56 Å². The minimum absolute atomic E-state index is 0.143. The van der Waals surface area contributed by atoms with Gasteiger partial charge in [0.25, 0.3) is 5.56 Å². The summed E-state index contributed by atoms with van der Waals surface area (Å²) in [6.07, 6.45) is 3.48. The van der Waals surface area contributed by atoms with E-state index in [4.69, 9.17) is 16.3 Å². The number of hydrogen-bond acceptors (Lipinski definition) is 6. The molecule has 5 heterocycles. The number of allylic oxidation sites excluding steroid dienone is 2. The number of halogens is 2. The molecule has 3 unspecified atom stereocenters.